The number of nitrogens with zero attached hydrogens (tertiary/aromatic N) is 1. The molecule has 0 unspecified atom stereocenters. The fraction of sp³-hybridized carbons (Fsp3) is 0.714. The molecule has 1 fully saturated rings. The summed E-state index contributed by atoms with van der Waals surface area (Å²) in [5.74, 6) is 0.856. The van der Waals surface area contributed by atoms with E-state index in [1.807, 2.05) is 0 Å². The highest BCUT2D eigenvalue weighted by molar-refractivity contribution is 7.09. The second-order valence-corrected chi connectivity index (χ2v) is 7.17. The lowest BCUT2D eigenvalue weighted by Crippen LogP contribution is -2.34. The lowest BCUT2D eigenvalue weighted by molar-refractivity contribution is -0.120. The maximum absolute atomic E-state index is 11.6. The van der Waals surface area contributed by atoms with Gasteiger partial charge in [0.1, 0.15) is 5.01 Å². The van der Waals surface area contributed by atoms with Crippen molar-refractivity contribution >= 4 is 42.1 Å². The molecular weight excluding hydrogens is 329 g/mol. The van der Waals surface area contributed by atoms with E-state index in [1.165, 1.54) is 12.8 Å². The zero-order chi connectivity index (χ0) is 13.9. The topological polar surface area (TPSA) is 54.0 Å². The quantitative estimate of drug-likeness (QED) is 0.826. The van der Waals surface area contributed by atoms with Gasteiger partial charge >= 0.3 is 0 Å². The molecule has 1 aromatic rings. The smallest absolute Gasteiger partial charge is 0.234 e. The highest BCUT2D eigenvalue weighted by Gasteiger charge is 2.20. The number of carbonyl (C=O) groups is 1. The first-order valence-corrected chi connectivity index (χ1v) is 7.75. The Kier molecular flexibility index (Phi) is 8.78. The summed E-state index contributed by atoms with van der Waals surface area (Å²) in [4.78, 5) is 16.2. The van der Waals surface area contributed by atoms with Gasteiger partial charge in [-0.2, -0.15) is 0 Å². The maximum Gasteiger partial charge on any atom is 0.234 e. The van der Waals surface area contributed by atoms with Crippen molar-refractivity contribution in [3.63, 3.8) is 0 Å². The Morgan fingerprint density at radius 2 is 2.05 bits per heavy atom. The molecule has 1 aromatic heterocycles. The Morgan fingerprint density at radius 1 is 1.38 bits per heavy atom. The Labute approximate surface area is 143 Å². The Hall–Kier alpha value is -0.360. The van der Waals surface area contributed by atoms with E-state index in [4.69, 9.17) is 0 Å². The van der Waals surface area contributed by atoms with Crippen LogP contribution in [-0.4, -0.2) is 24.0 Å². The number of aromatic nitrogens is 1. The third-order valence-electron chi connectivity index (χ3n) is 3.17. The zero-order valence-electron chi connectivity index (χ0n) is 12.8. The molecule has 0 aliphatic heterocycles. The first-order chi connectivity index (χ1) is 8.95. The van der Waals surface area contributed by atoms with E-state index in [9.17, 15) is 4.79 Å². The van der Waals surface area contributed by atoms with Gasteiger partial charge in [-0.15, -0.1) is 36.2 Å². The molecule has 1 saturated carbocycles. The lowest BCUT2D eigenvalue weighted by atomic mass is 9.93. The number of thiazole rings is 1. The highest BCUT2D eigenvalue weighted by Crippen LogP contribution is 2.27. The van der Waals surface area contributed by atoms with Gasteiger partial charge in [-0.1, -0.05) is 20.8 Å². The Bertz CT molecular complexity index is 442. The summed E-state index contributed by atoms with van der Waals surface area (Å²) in [7, 11) is 0. The summed E-state index contributed by atoms with van der Waals surface area (Å²) < 4.78 is 0. The molecule has 0 bridgehead atoms. The van der Waals surface area contributed by atoms with Crippen molar-refractivity contribution in [1.29, 1.82) is 0 Å². The van der Waals surface area contributed by atoms with Gasteiger partial charge in [0.15, 0.2) is 0 Å². The molecular formula is C14H25Cl2N3OS. The molecule has 0 saturated heterocycles. The molecule has 4 nitrogen and oxygen atoms in total. The molecule has 0 spiro atoms. The Morgan fingerprint density at radius 3 is 2.57 bits per heavy atom. The third-order valence-corrected chi connectivity index (χ3v) is 4.02. The normalized spacial score (nSPS) is 14.0. The van der Waals surface area contributed by atoms with E-state index in [2.05, 4.69) is 41.8 Å². The van der Waals surface area contributed by atoms with E-state index in [0.29, 0.717) is 13.1 Å². The minimum Gasteiger partial charge on any atom is -0.348 e. The predicted molar refractivity (Wildman–Crippen MR) is 92.8 cm³/mol. The molecule has 1 aliphatic carbocycles. The van der Waals surface area contributed by atoms with Crippen molar-refractivity contribution in [3.05, 3.63) is 16.1 Å². The molecule has 21 heavy (non-hydrogen) atoms. The second-order valence-electron chi connectivity index (χ2n) is 6.23. The summed E-state index contributed by atoms with van der Waals surface area (Å²) in [5.41, 5.74) is 1.17. The van der Waals surface area contributed by atoms with Crippen LogP contribution in [0, 0.1) is 5.92 Å². The van der Waals surface area contributed by atoms with Gasteiger partial charge in [0.25, 0.3) is 0 Å². The molecule has 2 rings (SSSR count). The number of hydrogen-bond donors (Lipinski definition) is 2. The van der Waals surface area contributed by atoms with E-state index in [1.54, 1.807) is 11.3 Å². The van der Waals surface area contributed by atoms with Crippen molar-refractivity contribution < 1.29 is 4.79 Å². The molecule has 0 aromatic carbocycles. The molecule has 7 heteroatoms. The highest BCUT2D eigenvalue weighted by atomic mass is 35.5. The number of nitrogens with one attached hydrogen (secondary N) is 2. The summed E-state index contributed by atoms with van der Waals surface area (Å²) in [6.45, 7) is 8.35. The largest absolute Gasteiger partial charge is 0.348 e. The van der Waals surface area contributed by atoms with Crippen LogP contribution in [0.2, 0.25) is 0 Å². The van der Waals surface area contributed by atoms with E-state index >= 15 is 0 Å². The third kappa shape index (κ3) is 7.45. The van der Waals surface area contributed by atoms with Gasteiger partial charge < -0.3 is 10.6 Å². The fourth-order valence-corrected chi connectivity index (χ4v) is 2.65. The van der Waals surface area contributed by atoms with Crippen LogP contribution in [0.3, 0.4) is 0 Å². The van der Waals surface area contributed by atoms with Crippen LogP contribution in [0.1, 0.15) is 44.3 Å². The Balaban J connectivity index is 0.00000200. The molecule has 0 radical (unpaired) electrons. The number of rotatable bonds is 6. The van der Waals surface area contributed by atoms with Crippen LogP contribution in [0.4, 0.5) is 0 Å². The van der Waals surface area contributed by atoms with Gasteiger partial charge in [0.05, 0.1) is 18.8 Å². The number of halogens is 2. The zero-order valence-corrected chi connectivity index (χ0v) is 15.2. The van der Waals surface area contributed by atoms with Crippen molar-refractivity contribution in [2.45, 2.75) is 45.6 Å². The van der Waals surface area contributed by atoms with Gasteiger partial charge in [0.2, 0.25) is 5.91 Å². The molecule has 0 atom stereocenters. The van der Waals surface area contributed by atoms with Crippen molar-refractivity contribution in [3.8, 4) is 0 Å². The summed E-state index contributed by atoms with van der Waals surface area (Å²) in [5, 5.41) is 9.14. The standard InChI is InChI=1S/C14H23N3OS.2ClH/c1-14(2,3)11-9-19-13(17-11)8-16-12(18)7-15-6-10-4-5-10;;/h9-10,15H,4-8H2,1-3H3,(H,16,18);2*1H. The number of amides is 1. The average Bonchev–Trinajstić information content (AvgIpc) is 3.01. The van der Waals surface area contributed by atoms with E-state index < -0.39 is 0 Å². The van der Waals surface area contributed by atoms with Crippen LogP contribution in [0.15, 0.2) is 5.38 Å². The maximum atomic E-state index is 11.6. The lowest BCUT2D eigenvalue weighted by Gasteiger charge is -2.14. The van der Waals surface area contributed by atoms with Crippen LogP contribution < -0.4 is 10.6 Å². The monoisotopic (exact) mass is 353 g/mol. The molecule has 1 heterocycles. The summed E-state index contributed by atoms with van der Waals surface area (Å²) in [6.07, 6.45) is 2.62. The van der Waals surface area contributed by atoms with Gasteiger partial charge in [-0.05, 0) is 25.3 Å². The minimum atomic E-state index is 0. The fourth-order valence-electron chi connectivity index (χ4n) is 1.69. The van der Waals surface area contributed by atoms with E-state index in [0.717, 1.165) is 23.2 Å². The summed E-state index contributed by atoms with van der Waals surface area (Å²) in [6, 6.07) is 0. The van der Waals surface area contributed by atoms with Crippen molar-refractivity contribution in [2.24, 2.45) is 5.92 Å². The number of carbonyl (C=O) groups excluding carboxylic acids is 1. The number of hydrogen-bond acceptors (Lipinski definition) is 4. The van der Waals surface area contributed by atoms with Crippen LogP contribution in [0.25, 0.3) is 0 Å². The van der Waals surface area contributed by atoms with Crippen LogP contribution in [-0.2, 0) is 16.8 Å². The van der Waals surface area contributed by atoms with Gasteiger partial charge in [-0.3, -0.25) is 4.79 Å². The second kappa shape index (κ2) is 8.93. The van der Waals surface area contributed by atoms with Crippen molar-refractivity contribution in [2.75, 3.05) is 13.1 Å². The molecule has 1 aliphatic rings. The first-order valence-electron chi connectivity index (χ1n) is 6.87. The predicted octanol–water partition coefficient (Wildman–Crippen LogP) is 2.90. The molecule has 2 N–H and O–H groups in total. The first kappa shape index (κ1) is 20.6. The van der Waals surface area contributed by atoms with Crippen molar-refractivity contribution in [1.82, 2.24) is 15.6 Å². The van der Waals surface area contributed by atoms with E-state index in [-0.39, 0.29) is 36.1 Å². The van der Waals surface area contributed by atoms with Crippen LogP contribution >= 0.6 is 36.2 Å². The minimum absolute atomic E-state index is 0. The SMILES string of the molecule is CC(C)(C)c1csc(CNC(=O)CNCC2CC2)n1.Cl.Cl. The molecule has 122 valence electrons. The average molecular weight is 354 g/mol. The van der Waals surface area contributed by atoms with Crippen LogP contribution in [0.5, 0.6) is 0 Å². The van der Waals surface area contributed by atoms with Gasteiger partial charge in [0, 0.05) is 10.8 Å². The molecule has 1 amide bonds. The summed E-state index contributed by atoms with van der Waals surface area (Å²) >= 11 is 1.61. The van der Waals surface area contributed by atoms with Gasteiger partial charge in [-0.25, -0.2) is 4.98 Å².